The molecule has 0 aliphatic rings. The highest BCUT2D eigenvalue weighted by Gasteiger charge is 2.21. The van der Waals surface area contributed by atoms with Crippen LogP contribution in [-0.4, -0.2) is 46.5 Å². The molecule has 0 aliphatic carbocycles. The Morgan fingerprint density at radius 1 is 1.26 bits per heavy atom. The second kappa shape index (κ2) is 8.43. The van der Waals surface area contributed by atoms with Gasteiger partial charge in [-0.15, -0.1) is 5.10 Å². The van der Waals surface area contributed by atoms with Gasteiger partial charge in [-0.25, -0.2) is 4.79 Å². The summed E-state index contributed by atoms with van der Waals surface area (Å²) in [5.41, 5.74) is 2.80. The number of aromatic amines is 1. The van der Waals surface area contributed by atoms with Gasteiger partial charge in [-0.3, -0.25) is 0 Å². The molecule has 0 bridgehead atoms. The van der Waals surface area contributed by atoms with E-state index in [0.29, 0.717) is 12.3 Å². The van der Waals surface area contributed by atoms with Gasteiger partial charge in [-0.05, 0) is 32.5 Å². The number of hydrogen-bond acceptors (Lipinski definition) is 5. The SMILES string of the molecule is CCCCN(C)Cc1ccccc1-c1n[nH]nc1C(=O)OCC. The van der Waals surface area contributed by atoms with Crippen molar-refractivity contribution in [2.45, 2.75) is 33.2 Å². The van der Waals surface area contributed by atoms with Crippen LogP contribution >= 0.6 is 0 Å². The van der Waals surface area contributed by atoms with E-state index in [4.69, 9.17) is 4.74 Å². The van der Waals surface area contributed by atoms with Crippen LogP contribution in [0.3, 0.4) is 0 Å². The molecule has 23 heavy (non-hydrogen) atoms. The van der Waals surface area contributed by atoms with Gasteiger partial charge in [0.1, 0.15) is 5.69 Å². The van der Waals surface area contributed by atoms with E-state index in [1.54, 1.807) is 6.92 Å². The van der Waals surface area contributed by atoms with Gasteiger partial charge in [0.2, 0.25) is 0 Å². The Balaban J connectivity index is 2.27. The summed E-state index contributed by atoms with van der Waals surface area (Å²) in [6.07, 6.45) is 2.33. The third kappa shape index (κ3) is 4.39. The molecule has 0 aliphatic heterocycles. The van der Waals surface area contributed by atoms with E-state index in [0.717, 1.165) is 30.6 Å². The fourth-order valence-electron chi connectivity index (χ4n) is 2.45. The lowest BCUT2D eigenvalue weighted by Gasteiger charge is -2.18. The summed E-state index contributed by atoms with van der Waals surface area (Å²) >= 11 is 0. The maximum absolute atomic E-state index is 12.0. The first-order chi connectivity index (χ1) is 11.2. The van der Waals surface area contributed by atoms with Gasteiger partial charge in [0, 0.05) is 12.1 Å². The van der Waals surface area contributed by atoms with Crippen LogP contribution in [0.5, 0.6) is 0 Å². The van der Waals surface area contributed by atoms with Crippen LogP contribution in [0.1, 0.15) is 42.7 Å². The van der Waals surface area contributed by atoms with E-state index in [9.17, 15) is 4.79 Å². The smallest absolute Gasteiger partial charge is 0.361 e. The number of unbranched alkanes of at least 4 members (excludes halogenated alkanes) is 1. The molecule has 0 saturated carbocycles. The molecule has 0 atom stereocenters. The van der Waals surface area contributed by atoms with Gasteiger partial charge < -0.3 is 9.64 Å². The first-order valence-corrected chi connectivity index (χ1v) is 8.02. The molecule has 0 unspecified atom stereocenters. The van der Waals surface area contributed by atoms with E-state index in [1.165, 1.54) is 6.42 Å². The van der Waals surface area contributed by atoms with Crippen molar-refractivity contribution >= 4 is 5.97 Å². The second-order valence-electron chi connectivity index (χ2n) is 5.49. The van der Waals surface area contributed by atoms with Crippen molar-refractivity contribution in [2.24, 2.45) is 0 Å². The summed E-state index contributed by atoms with van der Waals surface area (Å²) < 4.78 is 5.05. The van der Waals surface area contributed by atoms with Crippen molar-refractivity contribution in [2.75, 3.05) is 20.2 Å². The number of H-pyrrole nitrogens is 1. The maximum Gasteiger partial charge on any atom is 0.361 e. The van der Waals surface area contributed by atoms with E-state index >= 15 is 0 Å². The molecular formula is C17H24N4O2. The summed E-state index contributed by atoms with van der Waals surface area (Å²) in [7, 11) is 2.10. The van der Waals surface area contributed by atoms with Gasteiger partial charge in [0.05, 0.1) is 6.61 Å². The Labute approximate surface area is 136 Å². The predicted molar refractivity (Wildman–Crippen MR) is 89.0 cm³/mol. The van der Waals surface area contributed by atoms with E-state index in [-0.39, 0.29) is 5.69 Å². The molecule has 6 nitrogen and oxygen atoms in total. The average molecular weight is 316 g/mol. The Hall–Kier alpha value is -2.21. The van der Waals surface area contributed by atoms with Crippen LogP contribution in [0.15, 0.2) is 24.3 Å². The van der Waals surface area contributed by atoms with Crippen LogP contribution in [0.25, 0.3) is 11.3 Å². The molecule has 1 heterocycles. The zero-order chi connectivity index (χ0) is 16.7. The van der Waals surface area contributed by atoms with Crippen LogP contribution in [0.4, 0.5) is 0 Å². The highest BCUT2D eigenvalue weighted by molar-refractivity contribution is 5.94. The minimum absolute atomic E-state index is 0.232. The van der Waals surface area contributed by atoms with Crippen molar-refractivity contribution in [1.82, 2.24) is 20.3 Å². The third-order valence-electron chi connectivity index (χ3n) is 3.62. The zero-order valence-corrected chi connectivity index (χ0v) is 14.0. The fourth-order valence-corrected chi connectivity index (χ4v) is 2.45. The molecule has 0 spiro atoms. The number of rotatable bonds is 8. The molecule has 0 fully saturated rings. The van der Waals surface area contributed by atoms with Gasteiger partial charge in [-0.2, -0.15) is 10.3 Å². The number of nitrogens with zero attached hydrogens (tertiary/aromatic N) is 3. The lowest BCUT2D eigenvalue weighted by atomic mass is 10.0. The summed E-state index contributed by atoms with van der Waals surface area (Å²) in [6, 6.07) is 7.95. The van der Waals surface area contributed by atoms with Crippen molar-refractivity contribution in [3.63, 3.8) is 0 Å². The number of hydrogen-bond donors (Lipinski definition) is 1. The van der Waals surface area contributed by atoms with Crippen LogP contribution in [-0.2, 0) is 11.3 Å². The standard InChI is InChI=1S/C17H24N4O2/c1-4-6-11-21(3)12-13-9-7-8-10-14(13)15-16(19-20-18-15)17(22)23-5-2/h7-10H,4-6,11-12H2,1-3H3,(H,18,19,20). The largest absolute Gasteiger partial charge is 0.461 e. The van der Waals surface area contributed by atoms with E-state index < -0.39 is 5.97 Å². The lowest BCUT2D eigenvalue weighted by Crippen LogP contribution is -2.19. The first kappa shape index (κ1) is 17.1. The number of ether oxygens (including phenoxy) is 1. The maximum atomic E-state index is 12.0. The monoisotopic (exact) mass is 316 g/mol. The number of nitrogens with one attached hydrogen (secondary N) is 1. The quantitative estimate of drug-likeness (QED) is 0.758. The molecule has 2 aromatic rings. The Bertz CT molecular complexity index is 639. The number of carbonyl (C=O) groups excluding carboxylic acids is 1. The minimum atomic E-state index is -0.453. The Morgan fingerprint density at radius 2 is 2.04 bits per heavy atom. The normalized spacial score (nSPS) is 11.0. The lowest BCUT2D eigenvalue weighted by molar-refractivity contribution is 0.0520. The summed E-state index contributed by atoms with van der Waals surface area (Å²) in [6.45, 7) is 6.10. The molecular weight excluding hydrogens is 292 g/mol. The molecule has 1 N–H and O–H groups in total. The predicted octanol–water partition coefficient (Wildman–Crippen LogP) is 2.88. The van der Waals surface area contributed by atoms with Gasteiger partial charge >= 0.3 is 5.97 Å². The average Bonchev–Trinajstić information content (AvgIpc) is 3.03. The number of esters is 1. The minimum Gasteiger partial charge on any atom is -0.461 e. The summed E-state index contributed by atoms with van der Waals surface area (Å²) in [5.74, 6) is -0.453. The topological polar surface area (TPSA) is 71.1 Å². The molecule has 6 heteroatoms. The molecule has 0 amide bonds. The second-order valence-corrected chi connectivity index (χ2v) is 5.49. The Kier molecular flexibility index (Phi) is 6.29. The van der Waals surface area contributed by atoms with Crippen LogP contribution < -0.4 is 0 Å². The van der Waals surface area contributed by atoms with Gasteiger partial charge in [0.25, 0.3) is 0 Å². The Morgan fingerprint density at radius 3 is 2.78 bits per heavy atom. The van der Waals surface area contributed by atoms with Crippen LogP contribution in [0, 0.1) is 0 Å². The molecule has 124 valence electrons. The molecule has 0 radical (unpaired) electrons. The number of carbonyl (C=O) groups is 1. The van der Waals surface area contributed by atoms with Gasteiger partial charge in [-0.1, -0.05) is 37.6 Å². The van der Waals surface area contributed by atoms with Crippen molar-refractivity contribution in [3.05, 3.63) is 35.5 Å². The fraction of sp³-hybridized carbons (Fsp3) is 0.471. The van der Waals surface area contributed by atoms with Gasteiger partial charge in [0.15, 0.2) is 5.69 Å². The summed E-state index contributed by atoms with van der Waals surface area (Å²) in [4.78, 5) is 14.3. The third-order valence-corrected chi connectivity index (χ3v) is 3.62. The van der Waals surface area contributed by atoms with E-state index in [1.807, 2.05) is 18.2 Å². The van der Waals surface area contributed by atoms with Crippen molar-refractivity contribution in [3.8, 4) is 11.3 Å². The van der Waals surface area contributed by atoms with E-state index in [2.05, 4.69) is 40.3 Å². The first-order valence-electron chi connectivity index (χ1n) is 8.02. The molecule has 1 aromatic heterocycles. The van der Waals surface area contributed by atoms with Crippen molar-refractivity contribution < 1.29 is 9.53 Å². The highest BCUT2D eigenvalue weighted by atomic mass is 16.5. The molecule has 1 aromatic carbocycles. The van der Waals surface area contributed by atoms with Crippen molar-refractivity contribution in [1.29, 1.82) is 0 Å². The highest BCUT2D eigenvalue weighted by Crippen LogP contribution is 2.25. The number of benzene rings is 1. The molecule has 0 saturated heterocycles. The summed E-state index contributed by atoms with van der Waals surface area (Å²) in [5, 5.41) is 10.7. The van der Waals surface area contributed by atoms with Crippen LogP contribution in [0.2, 0.25) is 0 Å². The molecule has 2 rings (SSSR count). The number of aromatic nitrogens is 3. The zero-order valence-electron chi connectivity index (χ0n) is 14.0.